The summed E-state index contributed by atoms with van der Waals surface area (Å²) < 4.78 is 11.4. The van der Waals surface area contributed by atoms with Crippen LogP contribution in [0.2, 0.25) is 5.02 Å². The highest BCUT2D eigenvalue weighted by Crippen LogP contribution is 2.29. The van der Waals surface area contributed by atoms with Crippen molar-refractivity contribution in [3.8, 4) is 11.5 Å². The van der Waals surface area contributed by atoms with Crippen molar-refractivity contribution in [3.05, 3.63) is 88.7 Å². The van der Waals surface area contributed by atoms with Gasteiger partial charge in [0.1, 0.15) is 6.61 Å². The molecule has 0 fully saturated rings. The van der Waals surface area contributed by atoms with Crippen LogP contribution in [0.15, 0.2) is 66.9 Å². The molecule has 6 heteroatoms. The van der Waals surface area contributed by atoms with Crippen molar-refractivity contribution < 1.29 is 9.47 Å². The first-order valence-corrected chi connectivity index (χ1v) is 8.78. The average Bonchev–Trinajstić information content (AvgIpc) is 2.68. The van der Waals surface area contributed by atoms with Crippen molar-refractivity contribution in [1.82, 2.24) is 10.3 Å². The third-order valence-electron chi connectivity index (χ3n) is 3.93. The van der Waals surface area contributed by atoms with Gasteiger partial charge in [0.25, 0.3) is 0 Å². The highest BCUT2D eigenvalue weighted by molar-refractivity contribution is 6.31. The maximum atomic E-state index is 6.17. The van der Waals surface area contributed by atoms with Gasteiger partial charge in [0.2, 0.25) is 0 Å². The molecule has 0 saturated carbocycles. The second-order valence-corrected chi connectivity index (χ2v) is 6.20. The Labute approximate surface area is 170 Å². The molecular weight excluding hydrogens is 383 g/mol. The highest BCUT2D eigenvalue weighted by atomic mass is 35.5. The molecule has 0 bridgehead atoms. The molecule has 0 unspecified atom stereocenters. The minimum absolute atomic E-state index is 0. The Balaban J connectivity index is 0.00000261. The van der Waals surface area contributed by atoms with Gasteiger partial charge in [-0.2, -0.15) is 0 Å². The minimum atomic E-state index is 0. The molecule has 0 amide bonds. The quantitative estimate of drug-likeness (QED) is 0.571. The monoisotopic (exact) mass is 404 g/mol. The first kappa shape index (κ1) is 21.0. The Morgan fingerprint density at radius 3 is 2.52 bits per heavy atom. The van der Waals surface area contributed by atoms with Crippen LogP contribution in [0.25, 0.3) is 0 Å². The lowest BCUT2D eigenvalue weighted by molar-refractivity contribution is 0.284. The van der Waals surface area contributed by atoms with Crippen molar-refractivity contribution >= 4 is 24.0 Å². The number of ether oxygens (including phenoxy) is 2. The smallest absolute Gasteiger partial charge is 0.161 e. The maximum absolute atomic E-state index is 6.17. The molecule has 0 saturated heterocycles. The molecule has 3 rings (SSSR count). The Bertz CT molecular complexity index is 845. The standard InChI is InChI=1S/C21H21ClN2O2.ClH/c1-25-21-12-16(13-23-14-18-7-4-5-11-24-18)9-10-20(21)26-15-17-6-2-3-8-19(17)22;/h2-12,23H,13-15H2,1H3;1H. The van der Waals surface area contributed by atoms with Gasteiger partial charge < -0.3 is 14.8 Å². The summed E-state index contributed by atoms with van der Waals surface area (Å²) in [7, 11) is 1.64. The van der Waals surface area contributed by atoms with Gasteiger partial charge in [0.15, 0.2) is 11.5 Å². The summed E-state index contributed by atoms with van der Waals surface area (Å²) in [4.78, 5) is 4.30. The van der Waals surface area contributed by atoms with Crippen LogP contribution in [0.1, 0.15) is 16.8 Å². The van der Waals surface area contributed by atoms with E-state index in [1.807, 2.05) is 60.7 Å². The SMILES string of the molecule is COc1cc(CNCc2ccccn2)ccc1OCc1ccccc1Cl.Cl. The number of hydrogen-bond donors (Lipinski definition) is 1. The Morgan fingerprint density at radius 1 is 0.963 bits per heavy atom. The van der Waals surface area contributed by atoms with E-state index in [1.165, 1.54) is 0 Å². The van der Waals surface area contributed by atoms with Gasteiger partial charge in [0, 0.05) is 29.9 Å². The predicted octanol–water partition coefficient (Wildman–Crippen LogP) is 5.03. The maximum Gasteiger partial charge on any atom is 0.161 e. The molecule has 2 aromatic carbocycles. The van der Waals surface area contributed by atoms with Crippen molar-refractivity contribution in [1.29, 1.82) is 0 Å². The molecule has 1 aromatic heterocycles. The van der Waals surface area contributed by atoms with Crippen molar-refractivity contribution in [2.24, 2.45) is 0 Å². The lowest BCUT2D eigenvalue weighted by Gasteiger charge is -2.13. The summed E-state index contributed by atoms with van der Waals surface area (Å²) in [5, 5.41) is 4.07. The molecule has 0 atom stereocenters. The molecule has 0 aliphatic rings. The summed E-state index contributed by atoms with van der Waals surface area (Å²) in [5.74, 6) is 1.40. The molecule has 27 heavy (non-hydrogen) atoms. The number of benzene rings is 2. The first-order chi connectivity index (χ1) is 12.8. The van der Waals surface area contributed by atoms with E-state index in [0.717, 1.165) is 23.4 Å². The van der Waals surface area contributed by atoms with E-state index < -0.39 is 0 Å². The molecule has 4 nitrogen and oxygen atoms in total. The van der Waals surface area contributed by atoms with E-state index in [1.54, 1.807) is 13.3 Å². The number of hydrogen-bond acceptors (Lipinski definition) is 4. The third kappa shape index (κ3) is 6.14. The fourth-order valence-electron chi connectivity index (χ4n) is 2.55. The van der Waals surface area contributed by atoms with Crippen LogP contribution in [0, 0.1) is 0 Å². The summed E-state index contributed by atoms with van der Waals surface area (Å²) >= 11 is 6.17. The molecule has 142 valence electrons. The summed E-state index contributed by atoms with van der Waals surface area (Å²) in [6, 6.07) is 19.5. The Hall–Kier alpha value is -2.27. The second-order valence-electron chi connectivity index (χ2n) is 5.79. The van der Waals surface area contributed by atoms with Crippen molar-refractivity contribution in [2.75, 3.05) is 7.11 Å². The van der Waals surface area contributed by atoms with Gasteiger partial charge in [-0.1, -0.05) is 41.9 Å². The number of pyridine rings is 1. The van der Waals surface area contributed by atoms with Crippen LogP contribution in [0.3, 0.4) is 0 Å². The molecular formula is C21H22Cl2N2O2. The van der Waals surface area contributed by atoms with Gasteiger partial charge in [-0.05, 0) is 35.9 Å². The van der Waals surface area contributed by atoms with Gasteiger partial charge in [-0.25, -0.2) is 0 Å². The van der Waals surface area contributed by atoms with Gasteiger partial charge in [0.05, 0.1) is 12.8 Å². The first-order valence-electron chi connectivity index (χ1n) is 8.40. The Morgan fingerprint density at radius 2 is 1.78 bits per heavy atom. The van der Waals surface area contributed by atoms with Gasteiger partial charge in [-0.15, -0.1) is 12.4 Å². The van der Waals surface area contributed by atoms with E-state index in [-0.39, 0.29) is 12.4 Å². The van der Waals surface area contributed by atoms with Gasteiger partial charge >= 0.3 is 0 Å². The molecule has 0 aliphatic heterocycles. The number of nitrogens with one attached hydrogen (secondary N) is 1. The average molecular weight is 405 g/mol. The van der Waals surface area contributed by atoms with E-state index in [0.29, 0.717) is 29.7 Å². The van der Waals surface area contributed by atoms with Crippen LogP contribution in [-0.2, 0) is 19.7 Å². The molecule has 1 heterocycles. The zero-order chi connectivity index (χ0) is 18.2. The summed E-state index contributed by atoms with van der Waals surface area (Å²) in [5.41, 5.74) is 3.07. The summed E-state index contributed by atoms with van der Waals surface area (Å²) in [6.07, 6.45) is 1.80. The van der Waals surface area contributed by atoms with Gasteiger partial charge in [-0.3, -0.25) is 4.98 Å². The molecule has 1 N–H and O–H groups in total. The fraction of sp³-hybridized carbons (Fsp3) is 0.190. The zero-order valence-electron chi connectivity index (χ0n) is 15.0. The lowest BCUT2D eigenvalue weighted by Crippen LogP contribution is -2.13. The molecule has 0 radical (unpaired) electrons. The zero-order valence-corrected chi connectivity index (χ0v) is 16.6. The van der Waals surface area contributed by atoms with Crippen molar-refractivity contribution in [2.45, 2.75) is 19.7 Å². The normalized spacial score (nSPS) is 10.1. The van der Waals surface area contributed by atoms with Crippen LogP contribution in [0.5, 0.6) is 11.5 Å². The van der Waals surface area contributed by atoms with E-state index in [9.17, 15) is 0 Å². The topological polar surface area (TPSA) is 43.4 Å². The van der Waals surface area contributed by atoms with Crippen LogP contribution in [0.4, 0.5) is 0 Å². The molecule has 3 aromatic rings. The molecule has 0 spiro atoms. The van der Waals surface area contributed by atoms with Crippen LogP contribution >= 0.6 is 24.0 Å². The number of aromatic nitrogens is 1. The number of halogens is 2. The number of methoxy groups -OCH3 is 1. The van der Waals surface area contributed by atoms with Crippen LogP contribution in [-0.4, -0.2) is 12.1 Å². The van der Waals surface area contributed by atoms with Crippen LogP contribution < -0.4 is 14.8 Å². The third-order valence-corrected chi connectivity index (χ3v) is 4.30. The number of nitrogens with zero attached hydrogens (tertiary/aromatic N) is 1. The highest BCUT2D eigenvalue weighted by Gasteiger charge is 2.08. The van der Waals surface area contributed by atoms with E-state index in [4.69, 9.17) is 21.1 Å². The fourth-order valence-corrected chi connectivity index (χ4v) is 2.74. The predicted molar refractivity (Wildman–Crippen MR) is 111 cm³/mol. The lowest BCUT2D eigenvalue weighted by atomic mass is 10.2. The largest absolute Gasteiger partial charge is 0.493 e. The minimum Gasteiger partial charge on any atom is -0.493 e. The number of rotatable bonds is 8. The van der Waals surface area contributed by atoms with Crippen molar-refractivity contribution in [3.63, 3.8) is 0 Å². The Kier molecular flexibility index (Phi) is 8.40. The van der Waals surface area contributed by atoms with E-state index in [2.05, 4.69) is 10.3 Å². The summed E-state index contributed by atoms with van der Waals surface area (Å²) in [6.45, 7) is 1.83. The van der Waals surface area contributed by atoms with E-state index >= 15 is 0 Å². The molecule has 0 aliphatic carbocycles. The second kappa shape index (κ2) is 10.8.